The number of aliphatic hydroxyl groups excluding tert-OH is 1. The highest BCUT2D eigenvalue weighted by atomic mass is 16.5. The van der Waals surface area contributed by atoms with E-state index in [4.69, 9.17) is 9.47 Å². The second-order valence-electron chi connectivity index (χ2n) is 5.42. The molecule has 1 fully saturated rings. The zero-order valence-corrected chi connectivity index (χ0v) is 13.0. The summed E-state index contributed by atoms with van der Waals surface area (Å²) >= 11 is 0. The Morgan fingerprint density at radius 1 is 1.55 bits per heavy atom. The Morgan fingerprint density at radius 2 is 2.32 bits per heavy atom. The number of rotatable bonds is 5. The van der Waals surface area contributed by atoms with Gasteiger partial charge in [0.1, 0.15) is 0 Å². The van der Waals surface area contributed by atoms with E-state index < -0.39 is 0 Å². The normalized spacial score (nSPS) is 21.2. The van der Waals surface area contributed by atoms with Gasteiger partial charge in [-0.1, -0.05) is 0 Å². The Labute approximate surface area is 129 Å². The molecule has 1 aromatic heterocycles. The standard InChI is InChI=1S/C14H22N4O4/c1-9(2)22-13-6-15-5-12(16-13)17-14(20)18-7-11(21-3)4-10(18)8-19/h5-6,9-11,19H,4,7-8H2,1-3H3,(H,16,17,20)/t10-,11+/m0/s1. The monoisotopic (exact) mass is 310 g/mol. The average molecular weight is 310 g/mol. The summed E-state index contributed by atoms with van der Waals surface area (Å²) in [7, 11) is 1.60. The van der Waals surface area contributed by atoms with Crippen LogP contribution in [0.1, 0.15) is 20.3 Å². The Kier molecular flexibility index (Phi) is 5.51. The molecule has 2 heterocycles. The Morgan fingerprint density at radius 3 is 2.95 bits per heavy atom. The lowest BCUT2D eigenvalue weighted by molar-refractivity contribution is 0.111. The molecule has 0 bridgehead atoms. The Hall–Kier alpha value is -1.93. The number of urea groups is 1. The van der Waals surface area contributed by atoms with E-state index in [1.54, 1.807) is 12.0 Å². The Bertz CT molecular complexity index is 511. The second-order valence-corrected chi connectivity index (χ2v) is 5.42. The van der Waals surface area contributed by atoms with Crippen LogP contribution < -0.4 is 10.1 Å². The molecule has 2 amide bonds. The third kappa shape index (κ3) is 4.05. The van der Waals surface area contributed by atoms with Gasteiger partial charge < -0.3 is 19.5 Å². The molecular weight excluding hydrogens is 288 g/mol. The fraction of sp³-hybridized carbons (Fsp3) is 0.643. The van der Waals surface area contributed by atoms with Crippen LogP contribution >= 0.6 is 0 Å². The highest BCUT2D eigenvalue weighted by Crippen LogP contribution is 2.21. The molecule has 0 unspecified atom stereocenters. The molecule has 2 N–H and O–H groups in total. The molecule has 0 aromatic carbocycles. The van der Waals surface area contributed by atoms with E-state index in [9.17, 15) is 9.90 Å². The van der Waals surface area contributed by atoms with Crippen LogP contribution in [0.4, 0.5) is 10.6 Å². The van der Waals surface area contributed by atoms with E-state index in [1.807, 2.05) is 13.8 Å². The van der Waals surface area contributed by atoms with Gasteiger partial charge in [-0.3, -0.25) is 10.3 Å². The first-order chi connectivity index (χ1) is 10.5. The highest BCUT2D eigenvalue weighted by Gasteiger charge is 2.35. The molecule has 2 atom stereocenters. The lowest BCUT2D eigenvalue weighted by atomic mass is 10.2. The van der Waals surface area contributed by atoms with E-state index in [2.05, 4.69) is 15.3 Å². The largest absolute Gasteiger partial charge is 0.474 e. The van der Waals surface area contributed by atoms with Gasteiger partial charge in [0.25, 0.3) is 0 Å². The summed E-state index contributed by atoms with van der Waals surface area (Å²) in [4.78, 5) is 22.0. The maximum atomic E-state index is 12.3. The number of ether oxygens (including phenoxy) is 2. The molecule has 0 radical (unpaired) electrons. The van der Waals surface area contributed by atoms with Gasteiger partial charge in [-0.15, -0.1) is 0 Å². The molecule has 0 spiro atoms. The molecule has 1 aromatic rings. The molecule has 22 heavy (non-hydrogen) atoms. The summed E-state index contributed by atoms with van der Waals surface area (Å²) in [5, 5.41) is 12.1. The number of aromatic nitrogens is 2. The van der Waals surface area contributed by atoms with Crippen molar-refractivity contribution >= 4 is 11.8 Å². The van der Waals surface area contributed by atoms with Gasteiger partial charge in [0.15, 0.2) is 5.82 Å². The summed E-state index contributed by atoms with van der Waals surface area (Å²) in [5.74, 6) is 0.656. The van der Waals surface area contributed by atoms with Gasteiger partial charge in [-0.2, -0.15) is 4.98 Å². The fourth-order valence-corrected chi connectivity index (χ4v) is 2.35. The fourth-order valence-electron chi connectivity index (χ4n) is 2.35. The number of carbonyl (C=O) groups excluding carboxylic acids is 1. The molecule has 8 nitrogen and oxygen atoms in total. The average Bonchev–Trinajstić information content (AvgIpc) is 2.90. The molecule has 0 aliphatic carbocycles. The topological polar surface area (TPSA) is 96.8 Å². The SMILES string of the molecule is CO[C@@H]1C[C@@H](CO)N(C(=O)Nc2cncc(OC(C)C)n2)C1. The number of hydrogen-bond acceptors (Lipinski definition) is 6. The van der Waals surface area contributed by atoms with Crippen LogP contribution in [0.3, 0.4) is 0 Å². The zero-order chi connectivity index (χ0) is 16.1. The second kappa shape index (κ2) is 7.37. The first-order valence-corrected chi connectivity index (χ1v) is 7.23. The van der Waals surface area contributed by atoms with E-state index in [0.29, 0.717) is 24.7 Å². The van der Waals surface area contributed by atoms with Crippen molar-refractivity contribution in [2.24, 2.45) is 0 Å². The minimum atomic E-state index is -0.338. The predicted molar refractivity (Wildman–Crippen MR) is 79.8 cm³/mol. The van der Waals surface area contributed by atoms with Crippen LogP contribution in [0.2, 0.25) is 0 Å². The summed E-state index contributed by atoms with van der Waals surface area (Å²) in [5.41, 5.74) is 0. The number of amides is 2. The number of nitrogens with zero attached hydrogens (tertiary/aromatic N) is 3. The number of aliphatic hydroxyl groups is 1. The maximum absolute atomic E-state index is 12.3. The van der Waals surface area contributed by atoms with Crippen molar-refractivity contribution in [3.63, 3.8) is 0 Å². The number of anilines is 1. The van der Waals surface area contributed by atoms with Crippen LogP contribution in [0.5, 0.6) is 5.88 Å². The third-order valence-corrected chi connectivity index (χ3v) is 3.38. The number of carbonyl (C=O) groups is 1. The molecule has 2 rings (SSSR count). The highest BCUT2D eigenvalue weighted by molar-refractivity contribution is 5.88. The van der Waals surface area contributed by atoms with Crippen LogP contribution in [0.15, 0.2) is 12.4 Å². The van der Waals surface area contributed by atoms with Gasteiger partial charge in [-0.05, 0) is 20.3 Å². The van der Waals surface area contributed by atoms with Crippen molar-refractivity contribution in [1.82, 2.24) is 14.9 Å². The van der Waals surface area contributed by atoms with Crippen LogP contribution in [-0.4, -0.2) is 64.5 Å². The van der Waals surface area contributed by atoms with Gasteiger partial charge in [0.05, 0.1) is 37.3 Å². The molecule has 1 aliphatic rings. The van der Waals surface area contributed by atoms with E-state index in [0.717, 1.165) is 0 Å². The summed E-state index contributed by atoms with van der Waals surface area (Å²) < 4.78 is 10.7. The molecule has 1 aliphatic heterocycles. The lowest BCUT2D eigenvalue weighted by Crippen LogP contribution is -2.41. The number of nitrogens with one attached hydrogen (secondary N) is 1. The first-order valence-electron chi connectivity index (χ1n) is 7.23. The number of likely N-dealkylation sites (tertiary alicyclic amines) is 1. The molecule has 122 valence electrons. The lowest BCUT2D eigenvalue weighted by Gasteiger charge is -2.22. The quantitative estimate of drug-likeness (QED) is 0.838. The van der Waals surface area contributed by atoms with Crippen molar-refractivity contribution in [3.05, 3.63) is 12.4 Å². The van der Waals surface area contributed by atoms with E-state index in [-0.39, 0.29) is 30.9 Å². The Balaban J connectivity index is 2.02. The summed E-state index contributed by atoms with van der Waals surface area (Å²) in [6, 6.07) is -0.595. The third-order valence-electron chi connectivity index (χ3n) is 3.38. The minimum absolute atomic E-state index is 0.0277. The van der Waals surface area contributed by atoms with Gasteiger partial charge in [-0.25, -0.2) is 4.79 Å². The minimum Gasteiger partial charge on any atom is -0.474 e. The maximum Gasteiger partial charge on any atom is 0.323 e. The van der Waals surface area contributed by atoms with Crippen molar-refractivity contribution in [2.75, 3.05) is 25.6 Å². The van der Waals surface area contributed by atoms with E-state index in [1.165, 1.54) is 12.4 Å². The predicted octanol–water partition coefficient (Wildman–Crippen LogP) is 0.877. The van der Waals surface area contributed by atoms with E-state index >= 15 is 0 Å². The van der Waals surface area contributed by atoms with Crippen LogP contribution in [-0.2, 0) is 4.74 Å². The molecule has 1 saturated heterocycles. The molecule has 8 heteroatoms. The van der Waals surface area contributed by atoms with Gasteiger partial charge >= 0.3 is 6.03 Å². The zero-order valence-electron chi connectivity index (χ0n) is 13.0. The van der Waals surface area contributed by atoms with Gasteiger partial charge in [0.2, 0.25) is 5.88 Å². The number of methoxy groups -OCH3 is 1. The van der Waals surface area contributed by atoms with Crippen molar-refractivity contribution < 1.29 is 19.4 Å². The molecule has 0 saturated carbocycles. The molecular formula is C14H22N4O4. The van der Waals surface area contributed by atoms with Crippen molar-refractivity contribution in [2.45, 2.75) is 38.5 Å². The van der Waals surface area contributed by atoms with Crippen molar-refractivity contribution in [3.8, 4) is 5.88 Å². The van der Waals surface area contributed by atoms with Crippen LogP contribution in [0.25, 0.3) is 0 Å². The van der Waals surface area contributed by atoms with Crippen LogP contribution in [0, 0.1) is 0 Å². The summed E-state index contributed by atoms with van der Waals surface area (Å²) in [6.45, 7) is 4.10. The summed E-state index contributed by atoms with van der Waals surface area (Å²) in [6.07, 6.45) is 3.46. The smallest absolute Gasteiger partial charge is 0.323 e. The number of hydrogen-bond donors (Lipinski definition) is 2. The van der Waals surface area contributed by atoms with Gasteiger partial charge in [0, 0.05) is 13.7 Å². The van der Waals surface area contributed by atoms with Crippen molar-refractivity contribution in [1.29, 1.82) is 0 Å². The first kappa shape index (κ1) is 16.4.